The van der Waals surface area contributed by atoms with Crippen molar-refractivity contribution in [3.63, 3.8) is 0 Å². The largest absolute Gasteiger partial charge is 0.348 e. The second kappa shape index (κ2) is 11.9. The summed E-state index contributed by atoms with van der Waals surface area (Å²) >= 11 is 0. The standard InChI is InChI=1S/C30H30N4O2/c1-34(2)21-24-7-3-5-22(17-24)19-33-30(36)28-8-4-6-23(18-28)20-32-29(35)27-11-9-25(10-12-27)26-13-15-31-16-14-26/h3-18H,19-21H2,1-2H3,(H,32,35)(H,33,36). The molecule has 0 bridgehead atoms. The van der Waals surface area contributed by atoms with Crippen molar-refractivity contribution >= 4 is 11.8 Å². The molecule has 4 aromatic rings. The molecule has 0 fully saturated rings. The Morgan fingerprint density at radius 2 is 1.22 bits per heavy atom. The molecular weight excluding hydrogens is 448 g/mol. The van der Waals surface area contributed by atoms with Crippen LogP contribution < -0.4 is 10.6 Å². The lowest BCUT2D eigenvalue weighted by Crippen LogP contribution is -2.24. The minimum atomic E-state index is -0.163. The van der Waals surface area contributed by atoms with Gasteiger partial charge in [0.05, 0.1) is 0 Å². The minimum Gasteiger partial charge on any atom is -0.348 e. The van der Waals surface area contributed by atoms with Crippen LogP contribution in [-0.4, -0.2) is 35.8 Å². The summed E-state index contributed by atoms with van der Waals surface area (Å²) in [6, 6.07) is 26.8. The molecule has 0 unspecified atom stereocenters. The molecule has 2 amide bonds. The van der Waals surface area contributed by atoms with Gasteiger partial charge in [0.1, 0.15) is 0 Å². The number of pyridine rings is 1. The first-order chi connectivity index (χ1) is 17.5. The first-order valence-electron chi connectivity index (χ1n) is 11.9. The molecule has 1 aromatic heterocycles. The Labute approximate surface area is 212 Å². The number of aromatic nitrogens is 1. The van der Waals surface area contributed by atoms with Crippen LogP contribution in [0.1, 0.15) is 37.4 Å². The second-order valence-electron chi connectivity index (χ2n) is 8.94. The predicted molar refractivity (Wildman–Crippen MR) is 142 cm³/mol. The van der Waals surface area contributed by atoms with Gasteiger partial charge < -0.3 is 15.5 Å². The van der Waals surface area contributed by atoms with Gasteiger partial charge >= 0.3 is 0 Å². The van der Waals surface area contributed by atoms with E-state index < -0.39 is 0 Å². The third kappa shape index (κ3) is 6.87. The van der Waals surface area contributed by atoms with Gasteiger partial charge in [-0.25, -0.2) is 0 Å². The van der Waals surface area contributed by atoms with Crippen LogP contribution in [0, 0.1) is 0 Å². The highest BCUT2D eigenvalue weighted by atomic mass is 16.2. The number of amides is 2. The van der Waals surface area contributed by atoms with Gasteiger partial charge in [-0.1, -0.05) is 48.5 Å². The number of nitrogens with one attached hydrogen (secondary N) is 2. The van der Waals surface area contributed by atoms with Gasteiger partial charge in [0.25, 0.3) is 11.8 Å². The smallest absolute Gasteiger partial charge is 0.251 e. The Bertz CT molecular complexity index is 1320. The molecule has 182 valence electrons. The van der Waals surface area contributed by atoms with Crippen molar-refractivity contribution in [2.75, 3.05) is 14.1 Å². The molecule has 3 aromatic carbocycles. The molecule has 1 heterocycles. The summed E-state index contributed by atoms with van der Waals surface area (Å²) in [5.74, 6) is -0.309. The maximum atomic E-state index is 12.7. The first kappa shape index (κ1) is 24.8. The Balaban J connectivity index is 1.31. The van der Waals surface area contributed by atoms with Crippen molar-refractivity contribution in [3.05, 3.63) is 125 Å². The molecule has 36 heavy (non-hydrogen) atoms. The van der Waals surface area contributed by atoms with Crippen LogP contribution in [0.2, 0.25) is 0 Å². The monoisotopic (exact) mass is 478 g/mol. The van der Waals surface area contributed by atoms with Crippen molar-refractivity contribution < 1.29 is 9.59 Å². The molecular formula is C30H30N4O2. The zero-order valence-corrected chi connectivity index (χ0v) is 20.6. The van der Waals surface area contributed by atoms with Crippen LogP contribution >= 0.6 is 0 Å². The summed E-state index contributed by atoms with van der Waals surface area (Å²) in [5.41, 5.74) is 6.34. The highest BCUT2D eigenvalue weighted by Crippen LogP contribution is 2.18. The maximum Gasteiger partial charge on any atom is 0.251 e. The molecule has 6 nitrogen and oxygen atoms in total. The van der Waals surface area contributed by atoms with Crippen molar-refractivity contribution in [1.29, 1.82) is 0 Å². The van der Waals surface area contributed by atoms with E-state index in [1.807, 2.05) is 80.8 Å². The van der Waals surface area contributed by atoms with Gasteiger partial charge in [0.2, 0.25) is 0 Å². The molecule has 0 saturated carbocycles. The van der Waals surface area contributed by atoms with Gasteiger partial charge in [0.15, 0.2) is 0 Å². The fraction of sp³-hybridized carbons (Fsp3) is 0.167. The quantitative estimate of drug-likeness (QED) is 0.367. The summed E-state index contributed by atoms with van der Waals surface area (Å²) in [5, 5.41) is 5.92. The Kier molecular flexibility index (Phi) is 8.21. The van der Waals surface area contributed by atoms with E-state index in [2.05, 4.69) is 32.7 Å². The fourth-order valence-corrected chi connectivity index (χ4v) is 3.95. The first-order valence-corrected chi connectivity index (χ1v) is 11.9. The summed E-state index contributed by atoms with van der Waals surface area (Å²) in [4.78, 5) is 31.5. The zero-order valence-electron chi connectivity index (χ0n) is 20.6. The lowest BCUT2D eigenvalue weighted by atomic mass is 10.0. The predicted octanol–water partition coefficient (Wildman–Crippen LogP) is 4.67. The lowest BCUT2D eigenvalue weighted by Gasteiger charge is -2.12. The third-order valence-electron chi connectivity index (χ3n) is 5.75. The van der Waals surface area contributed by atoms with Gasteiger partial charge in [-0.15, -0.1) is 0 Å². The molecule has 0 saturated heterocycles. The average molecular weight is 479 g/mol. The van der Waals surface area contributed by atoms with E-state index in [1.165, 1.54) is 5.56 Å². The van der Waals surface area contributed by atoms with E-state index in [9.17, 15) is 9.59 Å². The Morgan fingerprint density at radius 1 is 0.667 bits per heavy atom. The number of hydrogen-bond acceptors (Lipinski definition) is 4. The molecule has 0 aliphatic carbocycles. The zero-order chi connectivity index (χ0) is 25.3. The van der Waals surface area contributed by atoms with Crippen molar-refractivity contribution in [3.8, 4) is 11.1 Å². The maximum absolute atomic E-state index is 12.7. The number of carbonyl (C=O) groups excluding carboxylic acids is 2. The number of rotatable bonds is 9. The molecule has 0 spiro atoms. The van der Waals surface area contributed by atoms with Crippen LogP contribution in [-0.2, 0) is 19.6 Å². The van der Waals surface area contributed by atoms with E-state index in [4.69, 9.17) is 0 Å². The summed E-state index contributed by atoms with van der Waals surface area (Å²) < 4.78 is 0. The summed E-state index contributed by atoms with van der Waals surface area (Å²) in [7, 11) is 4.06. The van der Waals surface area contributed by atoms with E-state index in [0.29, 0.717) is 24.2 Å². The van der Waals surface area contributed by atoms with Gasteiger partial charge in [-0.2, -0.15) is 0 Å². The second-order valence-corrected chi connectivity index (χ2v) is 8.94. The lowest BCUT2D eigenvalue weighted by molar-refractivity contribution is 0.0945. The fourth-order valence-electron chi connectivity index (χ4n) is 3.95. The van der Waals surface area contributed by atoms with E-state index in [0.717, 1.165) is 28.8 Å². The summed E-state index contributed by atoms with van der Waals surface area (Å²) in [6.07, 6.45) is 3.49. The number of nitrogens with zero attached hydrogens (tertiary/aromatic N) is 2. The normalized spacial score (nSPS) is 10.8. The highest BCUT2D eigenvalue weighted by Gasteiger charge is 2.09. The van der Waals surface area contributed by atoms with E-state index >= 15 is 0 Å². The highest BCUT2D eigenvalue weighted by molar-refractivity contribution is 5.95. The minimum absolute atomic E-state index is 0.145. The molecule has 2 N–H and O–H groups in total. The Hall–Kier alpha value is -4.29. The van der Waals surface area contributed by atoms with Crippen LogP contribution in [0.15, 0.2) is 97.3 Å². The summed E-state index contributed by atoms with van der Waals surface area (Å²) in [6.45, 7) is 1.64. The van der Waals surface area contributed by atoms with Crippen LogP contribution in [0.25, 0.3) is 11.1 Å². The number of hydrogen-bond donors (Lipinski definition) is 2. The molecule has 0 radical (unpaired) electrons. The van der Waals surface area contributed by atoms with Gasteiger partial charge in [-0.3, -0.25) is 14.6 Å². The van der Waals surface area contributed by atoms with Crippen molar-refractivity contribution in [1.82, 2.24) is 20.5 Å². The number of carbonyl (C=O) groups is 2. The van der Waals surface area contributed by atoms with E-state index in [1.54, 1.807) is 18.5 Å². The van der Waals surface area contributed by atoms with E-state index in [-0.39, 0.29) is 11.8 Å². The molecule has 0 aliphatic heterocycles. The van der Waals surface area contributed by atoms with Crippen LogP contribution in [0.4, 0.5) is 0 Å². The van der Waals surface area contributed by atoms with Gasteiger partial charge in [-0.05, 0) is 78.3 Å². The average Bonchev–Trinajstić information content (AvgIpc) is 2.91. The Morgan fingerprint density at radius 3 is 1.89 bits per heavy atom. The SMILES string of the molecule is CN(C)Cc1cccc(CNC(=O)c2cccc(CNC(=O)c3ccc(-c4ccncc4)cc3)c2)c1. The van der Waals surface area contributed by atoms with Gasteiger partial charge in [0, 0.05) is 43.2 Å². The molecule has 4 rings (SSSR count). The van der Waals surface area contributed by atoms with Crippen LogP contribution in [0.5, 0.6) is 0 Å². The topological polar surface area (TPSA) is 74.3 Å². The number of benzene rings is 3. The molecule has 0 aliphatic rings. The van der Waals surface area contributed by atoms with Crippen molar-refractivity contribution in [2.45, 2.75) is 19.6 Å². The van der Waals surface area contributed by atoms with Crippen molar-refractivity contribution in [2.24, 2.45) is 0 Å². The third-order valence-corrected chi connectivity index (χ3v) is 5.75. The molecule has 6 heteroatoms. The van der Waals surface area contributed by atoms with Crippen LogP contribution in [0.3, 0.4) is 0 Å². The molecule has 0 atom stereocenters.